The van der Waals surface area contributed by atoms with Crippen molar-refractivity contribution < 1.29 is 4.74 Å². The number of anilines is 2. The van der Waals surface area contributed by atoms with Crippen molar-refractivity contribution in [2.75, 3.05) is 23.7 Å². The molecule has 122 valence electrons. The van der Waals surface area contributed by atoms with E-state index in [0.29, 0.717) is 18.1 Å². The summed E-state index contributed by atoms with van der Waals surface area (Å²) in [6, 6.07) is 9.55. The molecule has 1 fully saturated rings. The van der Waals surface area contributed by atoms with Crippen LogP contribution in [-0.4, -0.2) is 39.1 Å². The van der Waals surface area contributed by atoms with E-state index in [9.17, 15) is 0 Å². The zero-order chi connectivity index (χ0) is 16.4. The van der Waals surface area contributed by atoms with Crippen molar-refractivity contribution in [1.29, 1.82) is 0 Å². The fourth-order valence-corrected chi connectivity index (χ4v) is 2.94. The second-order valence-electron chi connectivity index (χ2n) is 5.79. The van der Waals surface area contributed by atoms with Crippen molar-refractivity contribution in [3.63, 3.8) is 0 Å². The molecule has 1 aliphatic rings. The molecule has 0 aliphatic carbocycles. The maximum atomic E-state index is 5.99. The number of aromatic nitrogens is 4. The highest BCUT2D eigenvalue weighted by atomic mass is 16.5. The van der Waals surface area contributed by atoms with E-state index in [1.54, 1.807) is 12.3 Å². The molecule has 1 saturated heterocycles. The molecule has 2 N–H and O–H groups in total. The van der Waals surface area contributed by atoms with Gasteiger partial charge in [-0.15, -0.1) is 0 Å². The number of hydrogen-bond donors (Lipinski definition) is 1. The minimum Gasteiger partial charge on any atom is -0.384 e. The molecule has 0 spiro atoms. The summed E-state index contributed by atoms with van der Waals surface area (Å²) in [5, 5.41) is 0.914. The van der Waals surface area contributed by atoms with Gasteiger partial charge in [0.2, 0.25) is 0 Å². The van der Waals surface area contributed by atoms with Gasteiger partial charge in [-0.3, -0.25) is 4.98 Å². The van der Waals surface area contributed by atoms with Crippen LogP contribution in [0, 0.1) is 0 Å². The Kier molecular flexibility index (Phi) is 3.92. The molecule has 24 heavy (non-hydrogen) atoms. The number of nitrogens with two attached hydrogens (primary N) is 1. The Bertz CT molecular complexity index is 841. The topological polar surface area (TPSA) is 90.0 Å². The lowest BCUT2D eigenvalue weighted by Crippen LogP contribution is -2.24. The molecule has 4 rings (SSSR count). The third-order valence-corrected chi connectivity index (χ3v) is 4.14. The van der Waals surface area contributed by atoms with Crippen molar-refractivity contribution in [2.45, 2.75) is 19.1 Å². The van der Waals surface area contributed by atoms with E-state index < -0.39 is 0 Å². The minimum absolute atomic E-state index is 0.166. The second-order valence-corrected chi connectivity index (χ2v) is 5.79. The fourth-order valence-electron chi connectivity index (χ4n) is 2.94. The zero-order valence-electron chi connectivity index (χ0n) is 13.2. The molecule has 0 bridgehead atoms. The first-order valence-electron chi connectivity index (χ1n) is 7.93. The number of rotatable bonds is 4. The number of nitrogens with zero attached hydrogens (tertiary/aromatic N) is 5. The Morgan fingerprint density at radius 2 is 2.12 bits per heavy atom. The monoisotopic (exact) mass is 322 g/mol. The lowest BCUT2D eigenvalue weighted by atomic mass is 10.3. The van der Waals surface area contributed by atoms with Crippen LogP contribution in [0.4, 0.5) is 11.6 Å². The molecule has 0 aromatic carbocycles. The van der Waals surface area contributed by atoms with E-state index in [-0.39, 0.29) is 6.10 Å². The van der Waals surface area contributed by atoms with Gasteiger partial charge in [0.1, 0.15) is 18.0 Å². The first-order chi connectivity index (χ1) is 11.8. The quantitative estimate of drug-likeness (QED) is 0.783. The molecule has 1 unspecified atom stereocenters. The highest BCUT2D eigenvalue weighted by Crippen LogP contribution is 2.26. The van der Waals surface area contributed by atoms with Crippen LogP contribution in [0.3, 0.4) is 0 Å². The largest absolute Gasteiger partial charge is 0.384 e. The van der Waals surface area contributed by atoms with Gasteiger partial charge in [0.05, 0.1) is 23.8 Å². The summed E-state index contributed by atoms with van der Waals surface area (Å²) >= 11 is 0. The number of hydrogen-bond acceptors (Lipinski definition) is 7. The van der Waals surface area contributed by atoms with Gasteiger partial charge in [-0.25, -0.2) is 15.0 Å². The van der Waals surface area contributed by atoms with E-state index in [1.807, 2.05) is 24.3 Å². The first-order valence-corrected chi connectivity index (χ1v) is 7.93. The van der Waals surface area contributed by atoms with Gasteiger partial charge < -0.3 is 15.4 Å². The van der Waals surface area contributed by atoms with Crippen LogP contribution in [0.2, 0.25) is 0 Å². The highest BCUT2D eigenvalue weighted by molar-refractivity contribution is 5.87. The molecule has 1 aliphatic heterocycles. The predicted octanol–water partition coefficient (Wildman–Crippen LogP) is 1.80. The number of fused-ring (bicyclic) bond motifs is 1. The molecule has 1 atom stereocenters. The molecule has 3 aromatic heterocycles. The third-order valence-electron chi connectivity index (χ3n) is 4.14. The zero-order valence-corrected chi connectivity index (χ0v) is 13.2. The normalized spacial score (nSPS) is 17.5. The molecular weight excluding hydrogens is 304 g/mol. The Labute approximate surface area is 139 Å². The second kappa shape index (κ2) is 6.37. The lowest BCUT2D eigenvalue weighted by Gasteiger charge is -2.19. The average Bonchev–Trinajstić information content (AvgIpc) is 3.09. The number of nitrogen functional groups attached to an aromatic ring is 1. The Hall–Kier alpha value is -2.80. The predicted molar refractivity (Wildman–Crippen MR) is 91.4 cm³/mol. The Morgan fingerprint density at radius 1 is 1.17 bits per heavy atom. The maximum absolute atomic E-state index is 5.99. The summed E-state index contributed by atoms with van der Waals surface area (Å²) < 4.78 is 5.99. The SMILES string of the molecule is Nc1ccc2c(N3CCC(OCc4ccccn4)C3)ncnc2n1. The summed E-state index contributed by atoms with van der Waals surface area (Å²) in [6.45, 7) is 2.22. The van der Waals surface area contributed by atoms with Crippen LogP contribution < -0.4 is 10.6 Å². The summed E-state index contributed by atoms with van der Waals surface area (Å²) in [7, 11) is 0. The van der Waals surface area contributed by atoms with E-state index in [4.69, 9.17) is 10.5 Å². The van der Waals surface area contributed by atoms with Crippen molar-refractivity contribution >= 4 is 22.7 Å². The van der Waals surface area contributed by atoms with Gasteiger partial charge in [-0.1, -0.05) is 6.07 Å². The Morgan fingerprint density at radius 3 is 3.00 bits per heavy atom. The summed E-state index contributed by atoms with van der Waals surface area (Å²) in [6.07, 6.45) is 4.44. The van der Waals surface area contributed by atoms with Gasteiger partial charge >= 0.3 is 0 Å². The van der Waals surface area contributed by atoms with Crippen LogP contribution in [0.25, 0.3) is 11.0 Å². The van der Waals surface area contributed by atoms with Crippen LogP contribution in [0.15, 0.2) is 42.9 Å². The van der Waals surface area contributed by atoms with E-state index >= 15 is 0 Å². The van der Waals surface area contributed by atoms with Gasteiger partial charge in [0.15, 0.2) is 5.65 Å². The van der Waals surface area contributed by atoms with Crippen molar-refractivity contribution in [3.8, 4) is 0 Å². The van der Waals surface area contributed by atoms with Crippen LogP contribution >= 0.6 is 0 Å². The van der Waals surface area contributed by atoms with Crippen LogP contribution in [0.5, 0.6) is 0 Å². The summed E-state index contributed by atoms with van der Waals surface area (Å²) in [5.41, 5.74) is 7.30. The summed E-state index contributed by atoms with van der Waals surface area (Å²) in [5.74, 6) is 1.35. The van der Waals surface area contributed by atoms with E-state index in [1.165, 1.54) is 6.33 Å². The molecule has 4 heterocycles. The van der Waals surface area contributed by atoms with Gasteiger partial charge in [0, 0.05) is 19.3 Å². The van der Waals surface area contributed by atoms with Crippen molar-refractivity contribution in [3.05, 3.63) is 48.5 Å². The average molecular weight is 322 g/mol. The minimum atomic E-state index is 0.166. The van der Waals surface area contributed by atoms with E-state index in [0.717, 1.165) is 36.4 Å². The molecule has 0 radical (unpaired) electrons. The maximum Gasteiger partial charge on any atom is 0.166 e. The van der Waals surface area contributed by atoms with Crippen molar-refractivity contribution in [1.82, 2.24) is 19.9 Å². The summed E-state index contributed by atoms with van der Waals surface area (Å²) in [4.78, 5) is 19.4. The molecule has 3 aromatic rings. The first kappa shape index (κ1) is 14.8. The number of pyridine rings is 2. The van der Waals surface area contributed by atoms with Gasteiger partial charge in [0.25, 0.3) is 0 Å². The highest BCUT2D eigenvalue weighted by Gasteiger charge is 2.25. The molecule has 7 nitrogen and oxygen atoms in total. The smallest absolute Gasteiger partial charge is 0.166 e. The van der Waals surface area contributed by atoms with Crippen LogP contribution in [0.1, 0.15) is 12.1 Å². The van der Waals surface area contributed by atoms with E-state index in [2.05, 4.69) is 24.8 Å². The lowest BCUT2D eigenvalue weighted by molar-refractivity contribution is 0.0533. The van der Waals surface area contributed by atoms with Gasteiger partial charge in [-0.2, -0.15) is 0 Å². The molecular formula is C17H18N6O. The van der Waals surface area contributed by atoms with Crippen molar-refractivity contribution in [2.24, 2.45) is 0 Å². The number of ether oxygens (including phenoxy) is 1. The standard InChI is InChI=1S/C17H18N6O/c18-15-5-4-14-16(22-15)20-11-21-17(14)23-8-6-13(9-23)24-10-12-3-1-2-7-19-12/h1-5,7,11,13H,6,8-10H2,(H2,18,20,21,22). The van der Waals surface area contributed by atoms with Crippen LogP contribution in [-0.2, 0) is 11.3 Å². The Balaban J connectivity index is 1.47. The fraction of sp³-hybridized carbons (Fsp3) is 0.294. The molecule has 0 saturated carbocycles. The molecule has 7 heteroatoms. The van der Waals surface area contributed by atoms with Gasteiger partial charge in [-0.05, 0) is 30.7 Å². The third kappa shape index (κ3) is 2.98. The molecule has 0 amide bonds.